The number of nitrogens with one attached hydrogen (secondary N) is 2. The Kier molecular flexibility index (Phi) is 5.61. The molecule has 0 saturated heterocycles. The summed E-state index contributed by atoms with van der Waals surface area (Å²) in [5.74, 6) is -1.16. The molecule has 2 amide bonds. The molecule has 0 atom stereocenters. The molecule has 27 heavy (non-hydrogen) atoms. The molecule has 0 bridgehead atoms. The van der Waals surface area contributed by atoms with Crippen LogP contribution in [-0.2, 0) is 0 Å². The topological polar surface area (TPSA) is 76.0 Å². The maximum absolute atomic E-state index is 13.4. The van der Waals surface area contributed by atoms with Gasteiger partial charge in [-0.15, -0.1) is 0 Å². The smallest absolute Gasteiger partial charge is 0.256 e. The van der Waals surface area contributed by atoms with Gasteiger partial charge in [0.25, 0.3) is 11.8 Å². The Hall–Kier alpha value is -3.48. The van der Waals surface area contributed by atoms with Crippen LogP contribution in [-0.4, -0.2) is 28.1 Å². The summed E-state index contributed by atoms with van der Waals surface area (Å²) in [6.07, 6.45) is 2.18. The van der Waals surface area contributed by atoms with E-state index in [0.29, 0.717) is 12.2 Å². The van der Waals surface area contributed by atoms with E-state index in [0.717, 1.165) is 12.5 Å². The summed E-state index contributed by atoms with van der Waals surface area (Å²) >= 11 is 0. The zero-order chi connectivity index (χ0) is 19.2. The maximum atomic E-state index is 13.4. The van der Waals surface area contributed by atoms with Gasteiger partial charge >= 0.3 is 0 Å². The Bertz CT molecular complexity index is 954. The Morgan fingerprint density at radius 3 is 2.56 bits per heavy atom. The third-order valence-electron chi connectivity index (χ3n) is 3.87. The van der Waals surface area contributed by atoms with E-state index in [1.165, 1.54) is 29.1 Å². The zero-order valence-corrected chi connectivity index (χ0v) is 14.8. The van der Waals surface area contributed by atoms with Crippen LogP contribution >= 0.6 is 0 Å². The summed E-state index contributed by atoms with van der Waals surface area (Å²) in [6, 6.07) is 14.5. The first kappa shape index (κ1) is 18.3. The average Bonchev–Trinajstić information content (AvgIpc) is 3.10. The van der Waals surface area contributed by atoms with Crippen molar-refractivity contribution in [1.82, 2.24) is 15.1 Å². The second-order valence-corrected chi connectivity index (χ2v) is 5.87. The van der Waals surface area contributed by atoms with Crippen LogP contribution in [0.4, 0.5) is 10.2 Å². The summed E-state index contributed by atoms with van der Waals surface area (Å²) in [6.45, 7) is 2.45. The lowest BCUT2D eigenvalue weighted by atomic mass is 10.2. The number of amides is 2. The number of carbonyl (C=O) groups is 2. The molecule has 0 fully saturated rings. The number of carbonyl (C=O) groups excluding carboxylic acids is 2. The fourth-order valence-corrected chi connectivity index (χ4v) is 2.54. The highest BCUT2D eigenvalue weighted by molar-refractivity contribution is 6.08. The summed E-state index contributed by atoms with van der Waals surface area (Å²) in [5, 5.41) is 9.71. The maximum Gasteiger partial charge on any atom is 0.256 e. The van der Waals surface area contributed by atoms with Gasteiger partial charge in [-0.25, -0.2) is 9.07 Å². The molecule has 0 aliphatic heterocycles. The number of rotatable bonds is 6. The second kappa shape index (κ2) is 8.27. The van der Waals surface area contributed by atoms with Crippen molar-refractivity contribution >= 4 is 17.6 Å². The van der Waals surface area contributed by atoms with Gasteiger partial charge in [-0.1, -0.05) is 31.2 Å². The van der Waals surface area contributed by atoms with Gasteiger partial charge in [-0.3, -0.25) is 9.59 Å². The zero-order valence-electron chi connectivity index (χ0n) is 14.8. The Morgan fingerprint density at radius 1 is 1.07 bits per heavy atom. The van der Waals surface area contributed by atoms with Gasteiger partial charge in [-0.2, -0.15) is 5.10 Å². The van der Waals surface area contributed by atoms with E-state index < -0.39 is 11.7 Å². The van der Waals surface area contributed by atoms with Crippen molar-refractivity contribution in [2.45, 2.75) is 13.3 Å². The molecule has 2 N–H and O–H groups in total. The van der Waals surface area contributed by atoms with Crippen LogP contribution in [0.3, 0.4) is 0 Å². The first-order valence-corrected chi connectivity index (χ1v) is 8.58. The normalized spacial score (nSPS) is 10.4. The summed E-state index contributed by atoms with van der Waals surface area (Å²) < 4.78 is 14.9. The molecule has 0 aliphatic rings. The number of benzene rings is 2. The van der Waals surface area contributed by atoms with E-state index in [1.807, 2.05) is 25.1 Å². The van der Waals surface area contributed by atoms with Crippen LogP contribution < -0.4 is 10.6 Å². The Balaban J connectivity index is 1.98. The van der Waals surface area contributed by atoms with Crippen LogP contribution in [0.15, 0.2) is 60.8 Å². The molecule has 0 unspecified atom stereocenters. The molecule has 0 spiro atoms. The predicted octanol–water partition coefficient (Wildman–Crippen LogP) is 3.40. The number of anilines is 1. The molecule has 0 aliphatic carbocycles. The highest BCUT2D eigenvalue weighted by atomic mass is 19.1. The highest BCUT2D eigenvalue weighted by Gasteiger charge is 2.21. The highest BCUT2D eigenvalue weighted by Crippen LogP contribution is 2.21. The first-order chi connectivity index (χ1) is 13.1. The predicted molar refractivity (Wildman–Crippen MR) is 101 cm³/mol. The Labute approximate surface area is 156 Å². The fourth-order valence-electron chi connectivity index (χ4n) is 2.54. The minimum atomic E-state index is -0.531. The van der Waals surface area contributed by atoms with Crippen molar-refractivity contribution in [2.24, 2.45) is 0 Å². The van der Waals surface area contributed by atoms with Gasteiger partial charge in [-0.05, 0) is 36.8 Å². The van der Waals surface area contributed by atoms with Gasteiger partial charge in [0, 0.05) is 12.1 Å². The number of para-hydroxylation sites is 1. The number of halogens is 1. The molecule has 1 aromatic heterocycles. The van der Waals surface area contributed by atoms with E-state index in [-0.39, 0.29) is 22.9 Å². The lowest BCUT2D eigenvalue weighted by molar-refractivity contribution is 0.0954. The largest absolute Gasteiger partial charge is 0.352 e. The van der Waals surface area contributed by atoms with Gasteiger partial charge in [0.1, 0.15) is 17.2 Å². The second-order valence-electron chi connectivity index (χ2n) is 5.87. The number of nitrogens with zero attached hydrogens (tertiary/aromatic N) is 2. The van der Waals surface area contributed by atoms with Gasteiger partial charge < -0.3 is 10.6 Å². The number of hydrogen-bond donors (Lipinski definition) is 2. The van der Waals surface area contributed by atoms with E-state index in [2.05, 4.69) is 15.7 Å². The molecular formula is C20H19FN4O2. The van der Waals surface area contributed by atoms with Crippen LogP contribution in [0.1, 0.15) is 34.1 Å². The molecule has 1 heterocycles. The monoisotopic (exact) mass is 366 g/mol. The number of aromatic nitrogens is 2. The minimum absolute atomic E-state index is 0.149. The molecule has 3 rings (SSSR count). The number of hydrogen-bond acceptors (Lipinski definition) is 3. The summed E-state index contributed by atoms with van der Waals surface area (Å²) in [5.41, 5.74) is 1.06. The van der Waals surface area contributed by atoms with Gasteiger partial charge in [0.15, 0.2) is 0 Å². The van der Waals surface area contributed by atoms with Crippen LogP contribution in [0.5, 0.6) is 0 Å². The van der Waals surface area contributed by atoms with Crippen LogP contribution in [0.25, 0.3) is 5.69 Å². The van der Waals surface area contributed by atoms with E-state index in [9.17, 15) is 14.0 Å². The SMILES string of the molecule is CCCNC(=O)c1cnn(-c2ccccc2)c1NC(=O)c1cccc(F)c1. The first-order valence-electron chi connectivity index (χ1n) is 8.58. The third kappa shape index (κ3) is 4.20. The molecule has 0 saturated carbocycles. The molecule has 138 valence electrons. The standard InChI is InChI=1S/C20H19FN4O2/c1-2-11-22-20(27)17-13-23-25(16-9-4-3-5-10-16)18(17)24-19(26)14-7-6-8-15(21)12-14/h3-10,12-13H,2,11H2,1H3,(H,22,27)(H,24,26). The minimum Gasteiger partial charge on any atom is -0.352 e. The van der Waals surface area contributed by atoms with Gasteiger partial charge in [0.05, 0.1) is 11.9 Å². The van der Waals surface area contributed by atoms with E-state index in [1.54, 1.807) is 12.1 Å². The molecule has 2 aromatic carbocycles. The molecule has 7 heteroatoms. The van der Waals surface area contributed by atoms with E-state index >= 15 is 0 Å². The van der Waals surface area contributed by atoms with Crippen molar-refractivity contribution in [3.05, 3.63) is 77.7 Å². The third-order valence-corrected chi connectivity index (χ3v) is 3.87. The quantitative estimate of drug-likeness (QED) is 0.702. The molecule has 3 aromatic rings. The Morgan fingerprint density at radius 2 is 1.85 bits per heavy atom. The van der Waals surface area contributed by atoms with Crippen molar-refractivity contribution < 1.29 is 14.0 Å². The van der Waals surface area contributed by atoms with Crippen LogP contribution in [0.2, 0.25) is 0 Å². The molecular weight excluding hydrogens is 347 g/mol. The van der Waals surface area contributed by atoms with Crippen molar-refractivity contribution in [2.75, 3.05) is 11.9 Å². The average molecular weight is 366 g/mol. The van der Waals surface area contributed by atoms with E-state index in [4.69, 9.17) is 0 Å². The lowest BCUT2D eigenvalue weighted by Crippen LogP contribution is -2.26. The van der Waals surface area contributed by atoms with Crippen molar-refractivity contribution in [3.8, 4) is 5.69 Å². The fraction of sp³-hybridized carbons (Fsp3) is 0.150. The summed E-state index contributed by atoms with van der Waals surface area (Å²) in [7, 11) is 0. The summed E-state index contributed by atoms with van der Waals surface area (Å²) in [4.78, 5) is 25.1. The molecule has 6 nitrogen and oxygen atoms in total. The van der Waals surface area contributed by atoms with Crippen molar-refractivity contribution in [3.63, 3.8) is 0 Å². The molecule has 0 radical (unpaired) electrons. The van der Waals surface area contributed by atoms with Gasteiger partial charge in [0.2, 0.25) is 0 Å². The van der Waals surface area contributed by atoms with Crippen molar-refractivity contribution in [1.29, 1.82) is 0 Å². The lowest BCUT2D eigenvalue weighted by Gasteiger charge is -2.11. The van der Waals surface area contributed by atoms with Crippen LogP contribution in [0, 0.1) is 5.82 Å².